The highest BCUT2D eigenvalue weighted by Crippen LogP contribution is 2.27. The van der Waals surface area contributed by atoms with E-state index < -0.39 is 21.7 Å². The predicted octanol–water partition coefficient (Wildman–Crippen LogP) is -1.57. The first-order valence-electron chi connectivity index (χ1n) is 6.22. The molecule has 3 rings (SSSR count). The second-order valence-corrected chi connectivity index (χ2v) is 6.49. The van der Waals surface area contributed by atoms with Crippen molar-refractivity contribution in [1.82, 2.24) is 9.80 Å². The minimum atomic E-state index is -0.925. The maximum absolute atomic E-state index is 12.4. The van der Waals surface area contributed by atoms with Gasteiger partial charge in [-0.1, -0.05) is 23.5 Å². The molecular formula is C14H10N2O4S2. The Morgan fingerprint density at radius 3 is 1.23 bits per heavy atom. The molecule has 0 radical (unpaired) electrons. The molecule has 0 amide bonds. The van der Waals surface area contributed by atoms with E-state index in [1.165, 1.54) is 0 Å². The summed E-state index contributed by atoms with van der Waals surface area (Å²) in [5, 5.41) is 3.30. The van der Waals surface area contributed by atoms with Gasteiger partial charge in [0, 0.05) is 26.5 Å². The summed E-state index contributed by atoms with van der Waals surface area (Å²) in [6.45, 7) is 0. The molecular weight excluding hydrogens is 324 g/mol. The first-order valence-corrected chi connectivity index (χ1v) is 7.98. The number of nitrogens with zero attached hydrogens (tertiary/aromatic N) is 2. The Labute approximate surface area is 132 Å². The van der Waals surface area contributed by atoms with Crippen LogP contribution in [0.3, 0.4) is 0 Å². The molecule has 0 unspecified atom stereocenters. The molecule has 1 aromatic rings. The van der Waals surface area contributed by atoms with Crippen molar-refractivity contribution in [3.05, 3.63) is 74.5 Å². The number of hydrogen-bond donors (Lipinski definition) is 0. The molecule has 2 aliphatic rings. The fourth-order valence-electron chi connectivity index (χ4n) is 2.19. The topological polar surface area (TPSA) is 74.8 Å². The first kappa shape index (κ1) is 14.9. The van der Waals surface area contributed by atoms with E-state index in [9.17, 15) is 19.2 Å². The first-order chi connectivity index (χ1) is 10.4. The fraction of sp³-hybridized carbons (Fsp3) is 0.143. The van der Waals surface area contributed by atoms with Crippen molar-refractivity contribution in [3.8, 4) is 0 Å². The maximum Gasteiger partial charge on any atom is 0.240 e. The van der Waals surface area contributed by atoms with Crippen LogP contribution in [-0.2, 0) is 0 Å². The highest BCUT2D eigenvalue weighted by atomic mass is 32.2. The second kappa shape index (κ2) is 5.29. The average molecular weight is 334 g/mol. The summed E-state index contributed by atoms with van der Waals surface area (Å²) in [7, 11) is 3.29. The lowest BCUT2D eigenvalue weighted by atomic mass is 10.2. The summed E-state index contributed by atoms with van der Waals surface area (Å²) in [6.07, 6.45) is 3.31. The normalized spacial score (nSPS) is 17.2. The van der Waals surface area contributed by atoms with E-state index in [4.69, 9.17) is 0 Å². The molecule has 1 aromatic carbocycles. The molecule has 112 valence electrons. The van der Waals surface area contributed by atoms with Crippen LogP contribution in [0.25, 0.3) is 10.1 Å². The van der Waals surface area contributed by atoms with Gasteiger partial charge in [0.05, 0.1) is 10.1 Å². The monoisotopic (exact) mass is 334 g/mol. The van der Waals surface area contributed by atoms with Crippen molar-refractivity contribution < 1.29 is 0 Å². The Balaban J connectivity index is 2.55. The van der Waals surface area contributed by atoms with Crippen LogP contribution in [-0.4, -0.2) is 23.9 Å². The van der Waals surface area contributed by atoms with Gasteiger partial charge in [-0.15, -0.1) is 0 Å². The smallest absolute Gasteiger partial charge is 0.240 e. The van der Waals surface area contributed by atoms with Crippen LogP contribution in [0, 0.1) is 0 Å². The van der Waals surface area contributed by atoms with Crippen LogP contribution in [0.15, 0.2) is 42.4 Å². The maximum atomic E-state index is 12.4. The Morgan fingerprint density at radius 1 is 0.682 bits per heavy atom. The van der Waals surface area contributed by atoms with Crippen LogP contribution in [0.1, 0.15) is 0 Å². The second-order valence-electron chi connectivity index (χ2n) is 4.70. The lowest BCUT2D eigenvalue weighted by molar-refractivity contribution is 0.674. The van der Waals surface area contributed by atoms with E-state index >= 15 is 0 Å². The predicted molar refractivity (Wildman–Crippen MR) is 88.9 cm³/mol. The van der Waals surface area contributed by atoms with Gasteiger partial charge in [0.2, 0.25) is 21.7 Å². The summed E-state index contributed by atoms with van der Waals surface area (Å²) >= 11 is 2.27. The third kappa shape index (κ3) is 2.06. The molecule has 0 saturated carbocycles. The molecule has 0 aliphatic carbocycles. The third-order valence-corrected chi connectivity index (χ3v) is 5.26. The molecule has 0 saturated heterocycles. The van der Waals surface area contributed by atoms with Crippen molar-refractivity contribution in [1.29, 1.82) is 0 Å². The zero-order valence-electron chi connectivity index (χ0n) is 11.7. The number of hydrogen-bond acceptors (Lipinski definition) is 8. The van der Waals surface area contributed by atoms with E-state index in [-0.39, 0.29) is 10.4 Å². The van der Waals surface area contributed by atoms with Crippen LogP contribution >= 0.6 is 23.5 Å². The molecule has 0 bridgehead atoms. The Morgan fingerprint density at radius 2 is 1.00 bits per heavy atom. The van der Waals surface area contributed by atoms with Crippen LogP contribution in [0.5, 0.6) is 0 Å². The van der Waals surface area contributed by atoms with Crippen molar-refractivity contribution in [2.45, 2.75) is 0 Å². The zero-order chi connectivity index (χ0) is 16.0. The Hall–Kier alpha value is -2.06. The SMILES string of the molecule is CN1C=CSC1=c1c(=O)c(=O)c(=C2SC=CN2C)c(=O)c1=O. The van der Waals surface area contributed by atoms with Gasteiger partial charge >= 0.3 is 0 Å². The van der Waals surface area contributed by atoms with Crippen LogP contribution < -0.4 is 32.2 Å². The van der Waals surface area contributed by atoms with Crippen molar-refractivity contribution >= 4 is 33.6 Å². The largest absolute Gasteiger partial charge is 0.344 e. The fourth-order valence-corrected chi connectivity index (χ4v) is 4.00. The van der Waals surface area contributed by atoms with E-state index in [0.29, 0.717) is 10.1 Å². The number of benzene rings is 1. The van der Waals surface area contributed by atoms with Gasteiger partial charge < -0.3 is 9.80 Å². The molecule has 0 atom stereocenters. The Bertz CT molecular complexity index is 912. The summed E-state index contributed by atoms with van der Waals surface area (Å²) in [5.74, 6) is 0. The molecule has 0 fully saturated rings. The van der Waals surface area contributed by atoms with Gasteiger partial charge in [-0.2, -0.15) is 0 Å². The highest BCUT2D eigenvalue weighted by molar-refractivity contribution is 8.11. The van der Waals surface area contributed by atoms with Crippen molar-refractivity contribution in [2.24, 2.45) is 0 Å². The molecule has 0 spiro atoms. The van der Waals surface area contributed by atoms with Gasteiger partial charge in [0.25, 0.3) is 0 Å². The lowest BCUT2D eigenvalue weighted by Gasteiger charge is -2.09. The van der Waals surface area contributed by atoms with E-state index in [2.05, 4.69) is 0 Å². The molecule has 8 heteroatoms. The summed E-state index contributed by atoms with van der Waals surface area (Å²) in [4.78, 5) is 52.5. The third-order valence-electron chi connectivity index (χ3n) is 3.32. The average Bonchev–Trinajstić information content (AvgIpc) is 3.08. The van der Waals surface area contributed by atoms with Gasteiger partial charge in [0.15, 0.2) is 0 Å². The van der Waals surface area contributed by atoms with Gasteiger partial charge in [0.1, 0.15) is 10.4 Å². The van der Waals surface area contributed by atoms with Crippen LogP contribution in [0.4, 0.5) is 0 Å². The summed E-state index contributed by atoms with van der Waals surface area (Å²) < 4.78 is 0. The Kier molecular flexibility index (Phi) is 3.57. The van der Waals surface area contributed by atoms with Gasteiger partial charge in [-0.25, -0.2) is 0 Å². The lowest BCUT2D eigenvalue weighted by Crippen LogP contribution is -2.65. The minimum absolute atomic E-state index is 0.311. The number of thioether (sulfide) groups is 2. The van der Waals surface area contributed by atoms with E-state index in [0.717, 1.165) is 23.5 Å². The molecule has 0 aromatic heterocycles. The van der Waals surface area contributed by atoms with Crippen molar-refractivity contribution in [2.75, 3.05) is 14.1 Å². The molecule has 2 aliphatic heterocycles. The van der Waals surface area contributed by atoms with Gasteiger partial charge in [-0.05, 0) is 10.8 Å². The molecule has 22 heavy (non-hydrogen) atoms. The van der Waals surface area contributed by atoms with Gasteiger partial charge in [-0.3, -0.25) is 19.2 Å². The highest BCUT2D eigenvalue weighted by Gasteiger charge is 2.21. The molecule has 6 nitrogen and oxygen atoms in total. The molecule has 2 heterocycles. The summed E-state index contributed by atoms with van der Waals surface area (Å²) in [5.41, 5.74) is -3.70. The molecule has 0 N–H and O–H groups in total. The zero-order valence-corrected chi connectivity index (χ0v) is 13.3. The van der Waals surface area contributed by atoms with Crippen molar-refractivity contribution in [3.63, 3.8) is 0 Å². The minimum Gasteiger partial charge on any atom is -0.344 e. The van der Waals surface area contributed by atoms with Crippen LogP contribution in [0.2, 0.25) is 0 Å². The number of rotatable bonds is 0. The standard InChI is InChI=1S/C14H10N2O4S2/c1-15-3-5-21-13(15)7-9(17)11(19)8(12(20)10(7)18)14-16(2)4-6-22-14/h3-6H,1-2H3. The summed E-state index contributed by atoms with van der Waals surface area (Å²) in [6, 6.07) is 0. The van der Waals surface area contributed by atoms with E-state index in [1.807, 2.05) is 0 Å². The van der Waals surface area contributed by atoms with E-state index in [1.54, 1.807) is 47.1 Å². The quantitative estimate of drug-likeness (QED) is 0.527.